The first-order chi connectivity index (χ1) is 21.4. The van der Waals surface area contributed by atoms with Crippen molar-refractivity contribution >= 4 is 23.0 Å². The lowest BCUT2D eigenvalue weighted by molar-refractivity contribution is 0.0224. The number of anilines is 3. The third kappa shape index (κ3) is 5.02. The maximum Gasteiger partial charge on any atom is 0.340 e. The van der Waals surface area contributed by atoms with Gasteiger partial charge in [0.25, 0.3) is 0 Å². The Balaban J connectivity index is 1.52. The van der Waals surface area contributed by atoms with Gasteiger partial charge in [0, 0.05) is 52.9 Å². The molecule has 1 N–H and O–H groups in total. The molecule has 0 saturated heterocycles. The van der Waals surface area contributed by atoms with Crippen LogP contribution in [-0.2, 0) is 23.2 Å². The largest absolute Gasteiger partial charge is 0.456 e. The van der Waals surface area contributed by atoms with Crippen LogP contribution >= 0.6 is 0 Å². The third-order valence-corrected chi connectivity index (χ3v) is 9.23. The van der Waals surface area contributed by atoms with Gasteiger partial charge in [-0.1, -0.05) is 76.9 Å². The Hall–Kier alpha value is -4.25. The molecule has 2 aliphatic heterocycles. The minimum Gasteiger partial charge on any atom is -0.456 e. The lowest BCUT2D eigenvalue weighted by Gasteiger charge is -2.38. The fourth-order valence-corrected chi connectivity index (χ4v) is 6.75. The fourth-order valence-electron chi connectivity index (χ4n) is 6.75. The van der Waals surface area contributed by atoms with Crippen molar-refractivity contribution in [2.75, 3.05) is 23.3 Å². The minimum absolute atomic E-state index is 0.310. The second kappa shape index (κ2) is 12.4. The molecule has 2 heterocycles. The summed E-state index contributed by atoms with van der Waals surface area (Å²) in [4.78, 5) is 16.0. The quantitative estimate of drug-likeness (QED) is 0.177. The molecule has 1 spiro atoms. The number of fused-ring (bicyclic) bond motifs is 6. The first-order valence-corrected chi connectivity index (χ1v) is 16.4. The number of ether oxygens (including phenoxy) is 2. The van der Waals surface area contributed by atoms with Gasteiger partial charge < -0.3 is 19.7 Å². The lowest BCUT2D eigenvalue weighted by atomic mass is 9.77. The van der Waals surface area contributed by atoms with Crippen molar-refractivity contribution in [1.82, 2.24) is 0 Å². The van der Waals surface area contributed by atoms with Gasteiger partial charge in [-0.3, -0.25) is 0 Å². The number of nitrogens with one attached hydrogen (secondary N) is 1. The third-order valence-electron chi connectivity index (χ3n) is 9.23. The number of esters is 1. The van der Waals surface area contributed by atoms with Crippen LogP contribution in [0.2, 0.25) is 0 Å². The van der Waals surface area contributed by atoms with Gasteiger partial charge in [0.2, 0.25) is 0 Å². The zero-order chi connectivity index (χ0) is 30.8. The molecule has 0 bridgehead atoms. The highest BCUT2D eigenvalue weighted by Gasteiger charge is 2.53. The maximum atomic E-state index is 13.5. The van der Waals surface area contributed by atoms with Crippen molar-refractivity contribution in [3.8, 4) is 11.5 Å². The average molecular weight is 589 g/mol. The molecular formula is C39H44N2O3. The van der Waals surface area contributed by atoms with Crippen molar-refractivity contribution < 1.29 is 14.3 Å². The van der Waals surface area contributed by atoms with E-state index in [0.29, 0.717) is 5.56 Å². The minimum atomic E-state index is -1.10. The Morgan fingerprint density at radius 3 is 2.11 bits per heavy atom. The summed E-state index contributed by atoms with van der Waals surface area (Å²) in [6, 6.07) is 25.0. The zero-order valence-electron chi connectivity index (χ0n) is 26.8. The highest BCUT2D eigenvalue weighted by atomic mass is 16.6. The summed E-state index contributed by atoms with van der Waals surface area (Å²) >= 11 is 0. The number of para-hydroxylation sites is 1. The molecule has 0 amide bonds. The van der Waals surface area contributed by atoms with Crippen LogP contribution in [0.25, 0.3) is 0 Å². The van der Waals surface area contributed by atoms with E-state index in [1.807, 2.05) is 24.3 Å². The van der Waals surface area contributed by atoms with Gasteiger partial charge in [-0.25, -0.2) is 4.79 Å². The monoisotopic (exact) mass is 588 g/mol. The van der Waals surface area contributed by atoms with E-state index in [1.165, 1.54) is 11.1 Å². The summed E-state index contributed by atoms with van der Waals surface area (Å²) in [7, 11) is 0. The number of benzene rings is 4. The van der Waals surface area contributed by atoms with Gasteiger partial charge in [0.15, 0.2) is 5.60 Å². The number of unbranched alkanes of at least 4 members (excludes halogenated alkanes) is 2. The topological polar surface area (TPSA) is 50.8 Å². The van der Waals surface area contributed by atoms with Crippen LogP contribution in [0.4, 0.5) is 17.1 Å². The van der Waals surface area contributed by atoms with E-state index in [9.17, 15) is 4.79 Å². The van der Waals surface area contributed by atoms with Crippen molar-refractivity contribution in [1.29, 1.82) is 0 Å². The molecule has 4 aromatic carbocycles. The molecule has 0 aromatic heterocycles. The van der Waals surface area contributed by atoms with Crippen LogP contribution < -0.4 is 15.0 Å². The van der Waals surface area contributed by atoms with Crippen LogP contribution in [0.15, 0.2) is 72.8 Å². The van der Waals surface area contributed by atoms with E-state index >= 15 is 0 Å². The van der Waals surface area contributed by atoms with Crippen LogP contribution in [-0.4, -0.2) is 19.1 Å². The Labute approximate surface area is 262 Å². The summed E-state index contributed by atoms with van der Waals surface area (Å²) in [5, 5.41) is 3.79. The van der Waals surface area contributed by atoms with Gasteiger partial charge in [-0.05, 0) is 79.6 Å². The van der Waals surface area contributed by atoms with Crippen LogP contribution in [0, 0.1) is 6.92 Å². The molecule has 0 saturated carbocycles. The van der Waals surface area contributed by atoms with E-state index in [2.05, 4.69) is 93.4 Å². The average Bonchev–Trinajstić information content (AvgIpc) is 3.34. The normalized spacial score (nSPS) is 16.2. The molecule has 5 nitrogen and oxygen atoms in total. The predicted octanol–water partition coefficient (Wildman–Crippen LogP) is 9.84. The number of hydrogen-bond donors (Lipinski definition) is 1. The molecule has 5 heteroatoms. The Morgan fingerprint density at radius 2 is 1.43 bits per heavy atom. The maximum absolute atomic E-state index is 13.5. The first-order valence-electron chi connectivity index (χ1n) is 16.4. The lowest BCUT2D eigenvalue weighted by Crippen LogP contribution is -2.33. The molecule has 0 aliphatic carbocycles. The Bertz CT molecular complexity index is 1660. The zero-order valence-corrected chi connectivity index (χ0v) is 26.8. The smallest absolute Gasteiger partial charge is 0.340 e. The highest BCUT2D eigenvalue weighted by Crippen LogP contribution is 2.57. The molecular weight excluding hydrogens is 544 g/mol. The van der Waals surface area contributed by atoms with Crippen molar-refractivity contribution in [3.05, 3.63) is 112 Å². The molecule has 0 radical (unpaired) electrons. The van der Waals surface area contributed by atoms with E-state index in [0.717, 1.165) is 102 Å². The second-order valence-electron chi connectivity index (χ2n) is 12.0. The number of hydrogen-bond acceptors (Lipinski definition) is 5. The molecule has 228 valence electrons. The summed E-state index contributed by atoms with van der Waals surface area (Å²) in [5.74, 6) is 1.15. The standard InChI is InChI=1S/C39H44N2O3/c1-6-10-21-41(22-11-7-2)29-19-20-32-36(24-29)43-35-23-26(5)34(40-37-27(8-3)15-14-16-28(37)9-4)25-33(35)39(32)31-18-13-12-17-30(31)38(42)44-39/h12-20,23-25,40H,6-11,21-22H2,1-5H3. The number of nitrogens with zero attached hydrogens (tertiary/aromatic N) is 1. The van der Waals surface area contributed by atoms with Gasteiger partial charge in [0.1, 0.15) is 11.5 Å². The number of aryl methyl sites for hydroxylation is 3. The molecule has 6 rings (SSSR count). The number of rotatable bonds is 11. The van der Waals surface area contributed by atoms with Gasteiger partial charge in [-0.15, -0.1) is 0 Å². The number of carbonyl (C=O) groups is 1. The van der Waals surface area contributed by atoms with Crippen LogP contribution in [0.5, 0.6) is 11.5 Å². The van der Waals surface area contributed by atoms with E-state index in [1.54, 1.807) is 0 Å². The van der Waals surface area contributed by atoms with Crippen molar-refractivity contribution in [2.24, 2.45) is 0 Å². The number of carbonyl (C=O) groups excluding carboxylic acids is 1. The molecule has 44 heavy (non-hydrogen) atoms. The fraction of sp³-hybridized carbons (Fsp3) is 0.359. The summed E-state index contributed by atoms with van der Waals surface area (Å²) in [6.07, 6.45) is 6.42. The van der Waals surface area contributed by atoms with Crippen LogP contribution in [0.1, 0.15) is 97.1 Å². The molecule has 1 unspecified atom stereocenters. The second-order valence-corrected chi connectivity index (χ2v) is 12.0. The van der Waals surface area contributed by atoms with E-state index in [4.69, 9.17) is 9.47 Å². The van der Waals surface area contributed by atoms with E-state index < -0.39 is 5.60 Å². The summed E-state index contributed by atoms with van der Waals surface area (Å²) < 4.78 is 13.3. The molecule has 1 atom stereocenters. The first kappa shape index (κ1) is 29.8. The summed E-state index contributed by atoms with van der Waals surface area (Å²) in [5.41, 5.74) is 8.94. The van der Waals surface area contributed by atoms with Gasteiger partial charge in [0.05, 0.1) is 5.56 Å². The van der Waals surface area contributed by atoms with Crippen molar-refractivity contribution in [3.63, 3.8) is 0 Å². The molecule has 2 aliphatic rings. The Kier molecular flexibility index (Phi) is 8.40. The molecule has 0 fully saturated rings. The SMILES string of the molecule is CCCCN(CCCC)c1ccc2c(c1)Oc1cc(C)c(Nc3c(CC)cccc3CC)cc1C21OC(=O)c2ccccc21. The Morgan fingerprint density at radius 1 is 0.750 bits per heavy atom. The highest BCUT2D eigenvalue weighted by molar-refractivity contribution is 5.97. The van der Waals surface area contributed by atoms with Crippen LogP contribution in [0.3, 0.4) is 0 Å². The molecule has 4 aromatic rings. The predicted molar refractivity (Wildman–Crippen MR) is 180 cm³/mol. The van der Waals surface area contributed by atoms with Gasteiger partial charge >= 0.3 is 5.97 Å². The summed E-state index contributed by atoms with van der Waals surface area (Å²) in [6.45, 7) is 13.0. The van der Waals surface area contributed by atoms with Crippen molar-refractivity contribution in [2.45, 2.75) is 78.7 Å². The van der Waals surface area contributed by atoms with Gasteiger partial charge in [-0.2, -0.15) is 0 Å². The van der Waals surface area contributed by atoms with E-state index in [-0.39, 0.29) is 5.97 Å².